The van der Waals surface area contributed by atoms with Crippen molar-refractivity contribution < 1.29 is 4.39 Å². The Morgan fingerprint density at radius 3 is 2.50 bits per heavy atom. The Labute approximate surface area is 189 Å². The molecule has 1 aliphatic carbocycles. The monoisotopic (exact) mass is 445 g/mol. The van der Waals surface area contributed by atoms with Gasteiger partial charge < -0.3 is 0 Å². The van der Waals surface area contributed by atoms with Crippen molar-refractivity contribution in [3.8, 4) is 0 Å². The number of allylic oxidation sites excluding steroid dienone is 3. The summed E-state index contributed by atoms with van der Waals surface area (Å²) >= 11 is 1.70. The maximum Gasteiger partial charge on any atom is 0.126 e. The second kappa shape index (κ2) is 12.0. The zero-order valence-corrected chi connectivity index (χ0v) is 20.9. The van der Waals surface area contributed by atoms with Gasteiger partial charge in [0.15, 0.2) is 0 Å². The standard InChI is InChI=1S/C26H37FNPS/c1-17-15-23(20(4)25(27)16-17)12-10-11-18(2)19(3)21(5)30-22(6)26(29)28-24-13-8-7-9-14-24/h15-16,24,28-29H,2,6-14H2,1,3-5H3/b21-19+. The second-order valence-corrected chi connectivity index (χ2v) is 10.4. The van der Waals surface area contributed by atoms with E-state index in [1.54, 1.807) is 17.8 Å². The lowest BCUT2D eigenvalue weighted by Gasteiger charge is -2.24. The summed E-state index contributed by atoms with van der Waals surface area (Å²) < 4.78 is 13.9. The first-order valence-electron chi connectivity index (χ1n) is 11.0. The van der Waals surface area contributed by atoms with E-state index in [-0.39, 0.29) is 5.82 Å². The molecule has 0 radical (unpaired) electrons. The van der Waals surface area contributed by atoms with Gasteiger partial charge >= 0.3 is 0 Å². The highest BCUT2D eigenvalue weighted by molar-refractivity contribution is 8.07. The van der Waals surface area contributed by atoms with E-state index in [0.717, 1.165) is 51.8 Å². The smallest absolute Gasteiger partial charge is 0.126 e. The Balaban J connectivity index is 1.85. The molecule has 1 aromatic carbocycles. The molecule has 1 nitrogen and oxygen atoms in total. The van der Waals surface area contributed by atoms with Crippen LogP contribution in [0, 0.1) is 19.7 Å². The first-order chi connectivity index (χ1) is 14.2. The quantitative estimate of drug-likeness (QED) is 0.289. The van der Waals surface area contributed by atoms with Gasteiger partial charge in [-0.05, 0) is 93.0 Å². The number of aryl methyl sites for hydroxylation is 2. The molecule has 0 atom stereocenters. The lowest BCUT2D eigenvalue weighted by molar-refractivity contribution is 0.415. The fourth-order valence-electron chi connectivity index (χ4n) is 3.92. The molecule has 30 heavy (non-hydrogen) atoms. The number of hydrogen-bond donors (Lipinski definition) is 1. The maximum absolute atomic E-state index is 13.9. The van der Waals surface area contributed by atoms with Crippen LogP contribution in [0.15, 0.2) is 46.2 Å². The van der Waals surface area contributed by atoms with Crippen molar-refractivity contribution in [1.82, 2.24) is 5.32 Å². The predicted octanol–water partition coefficient (Wildman–Crippen LogP) is 8.06. The molecule has 2 rings (SSSR count). The minimum absolute atomic E-state index is 0.103. The predicted molar refractivity (Wildman–Crippen MR) is 136 cm³/mol. The van der Waals surface area contributed by atoms with Crippen LogP contribution in [0.25, 0.3) is 0 Å². The Morgan fingerprint density at radius 2 is 1.83 bits per heavy atom. The van der Waals surface area contributed by atoms with Gasteiger partial charge in [-0.2, -0.15) is 0 Å². The molecule has 1 aromatic rings. The summed E-state index contributed by atoms with van der Waals surface area (Å²) in [6.45, 7) is 16.6. The molecule has 0 amide bonds. The molecule has 0 bridgehead atoms. The number of rotatable bonds is 10. The van der Waals surface area contributed by atoms with Crippen molar-refractivity contribution in [2.75, 3.05) is 0 Å². The highest BCUT2D eigenvalue weighted by atomic mass is 32.2. The third kappa shape index (κ3) is 7.52. The second-order valence-electron chi connectivity index (χ2n) is 8.55. The normalized spacial score (nSPS) is 15.6. The van der Waals surface area contributed by atoms with Crippen molar-refractivity contribution in [2.24, 2.45) is 0 Å². The van der Waals surface area contributed by atoms with Crippen LogP contribution in [-0.4, -0.2) is 11.5 Å². The number of nitrogens with one attached hydrogen (secondary N) is 1. The number of hydrogen-bond acceptors (Lipinski definition) is 1. The molecule has 1 N–H and O–H groups in total. The van der Waals surface area contributed by atoms with Gasteiger partial charge in [-0.15, -0.1) is 8.86 Å². The lowest BCUT2D eigenvalue weighted by atomic mass is 9.95. The van der Waals surface area contributed by atoms with Gasteiger partial charge in [0.2, 0.25) is 0 Å². The Morgan fingerprint density at radius 1 is 1.17 bits per heavy atom. The summed E-state index contributed by atoms with van der Waals surface area (Å²) in [5.41, 5.74) is 6.24. The van der Waals surface area contributed by atoms with E-state index in [4.69, 9.17) is 0 Å². The Hall–Kier alpha value is -1.15. The molecule has 0 aromatic heterocycles. The van der Waals surface area contributed by atoms with E-state index in [1.165, 1.54) is 42.6 Å². The first kappa shape index (κ1) is 25.1. The molecule has 1 aliphatic rings. The fraction of sp³-hybridized carbons (Fsp3) is 0.500. The van der Waals surface area contributed by atoms with Gasteiger partial charge in [0.05, 0.1) is 0 Å². The summed E-state index contributed by atoms with van der Waals surface area (Å²) in [4.78, 5) is 2.23. The number of benzene rings is 1. The van der Waals surface area contributed by atoms with Crippen LogP contribution in [0.1, 0.15) is 75.5 Å². The first-order valence-corrected chi connectivity index (χ1v) is 12.3. The average Bonchev–Trinajstić information content (AvgIpc) is 2.71. The summed E-state index contributed by atoms with van der Waals surface area (Å²) in [6.07, 6.45) is 9.20. The molecule has 1 saturated carbocycles. The van der Waals surface area contributed by atoms with Crippen molar-refractivity contribution in [3.05, 3.63) is 68.8 Å². The number of thioether (sulfide) groups is 1. The van der Waals surface area contributed by atoms with E-state index in [9.17, 15) is 4.39 Å². The third-order valence-electron chi connectivity index (χ3n) is 6.09. The average molecular weight is 446 g/mol. The largest absolute Gasteiger partial charge is 0.281 e. The molecule has 4 heteroatoms. The fourth-order valence-corrected chi connectivity index (χ4v) is 5.10. The molecular weight excluding hydrogens is 408 g/mol. The van der Waals surface area contributed by atoms with Gasteiger partial charge in [-0.3, -0.25) is 5.32 Å². The van der Waals surface area contributed by atoms with Crippen LogP contribution < -0.4 is 5.32 Å². The SMILES string of the molecule is C=C(S/C(C)=C(\C)C(=C)CCCc1cc(C)cc(F)c1C)C(=P)NC1CCCCC1. The van der Waals surface area contributed by atoms with Crippen molar-refractivity contribution in [1.29, 1.82) is 0 Å². The highest BCUT2D eigenvalue weighted by Crippen LogP contribution is 2.31. The van der Waals surface area contributed by atoms with Gasteiger partial charge in [-0.25, -0.2) is 4.39 Å². The zero-order valence-electron chi connectivity index (χ0n) is 19.1. The molecular formula is C26H37FNPS. The van der Waals surface area contributed by atoms with Gasteiger partial charge in [0.1, 0.15) is 5.82 Å². The molecule has 0 spiro atoms. The van der Waals surface area contributed by atoms with E-state index in [1.807, 2.05) is 13.8 Å². The van der Waals surface area contributed by atoms with Crippen molar-refractivity contribution in [2.45, 2.75) is 85.1 Å². The summed E-state index contributed by atoms with van der Waals surface area (Å²) in [5, 5.41) is 3.59. The summed E-state index contributed by atoms with van der Waals surface area (Å²) in [5.74, 6) is -0.103. The van der Waals surface area contributed by atoms with E-state index >= 15 is 0 Å². The van der Waals surface area contributed by atoms with Gasteiger partial charge in [-0.1, -0.05) is 55.8 Å². The molecule has 0 unspecified atom stereocenters. The lowest BCUT2D eigenvalue weighted by Crippen LogP contribution is -2.35. The molecule has 1 fully saturated rings. The zero-order chi connectivity index (χ0) is 22.3. The number of halogens is 1. The van der Waals surface area contributed by atoms with Crippen LogP contribution in [0.5, 0.6) is 0 Å². The van der Waals surface area contributed by atoms with E-state index in [2.05, 4.69) is 47.3 Å². The van der Waals surface area contributed by atoms with Gasteiger partial charge in [0.25, 0.3) is 0 Å². The Bertz CT molecular complexity index is 834. The van der Waals surface area contributed by atoms with Crippen LogP contribution >= 0.6 is 20.6 Å². The molecule has 0 heterocycles. The molecule has 164 valence electrons. The van der Waals surface area contributed by atoms with Crippen molar-refractivity contribution in [3.63, 3.8) is 0 Å². The summed E-state index contributed by atoms with van der Waals surface area (Å²) in [7, 11) is 3.75. The third-order valence-corrected chi connectivity index (χ3v) is 7.78. The van der Waals surface area contributed by atoms with Crippen LogP contribution in [0.3, 0.4) is 0 Å². The van der Waals surface area contributed by atoms with Crippen LogP contribution in [-0.2, 0) is 6.42 Å². The van der Waals surface area contributed by atoms with E-state index in [0.29, 0.717) is 6.04 Å². The van der Waals surface area contributed by atoms with E-state index < -0.39 is 0 Å². The minimum atomic E-state index is -0.103. The highest BCUT2D eigenvalue weighted by Gasteiger charge is 2.16. The van der Waals surface area contributed by atoms with Crippen LogP contribution in [0.4, 0.5) is 4.39 Å². The van der Waals surface area contributed by atoms with Crippen molar-refractivity contribution >= 4 is 26.0 Å². The van der Waals surface area contributed by atoms with Crippen LogP contribution in [0.2, 0.25) is 0 Å². The molecule has 0 aliphatic heterocycles. The Kier molecular flexibility index (Phi) is 10.1. The minimum Gasteiger partial charge on any atom is -0.281 e. The van der Waals surface area contributed by atoms with Gasteiger partial charge in [0, 0.05) is 16.4 Å². The maximum atomic E-state index is 13.9. The topological polar surface area (TPSA) is 12.0 Å². The molecule has 0 saturated heterocycles. The summed E-state index contributed by atoms with van der Waals surface area (Å²) in [6, 6.07) is 4.26.